The third-order valence-corrected chi connectivity index (χ3v) is 5.72. The van der Waals surface area contributed by atoms with Gasteiger partial charge in [0.25, 0.3) is 0 Å². The van der Waals surface area contributed by atoms with E-state index in [1.807, 2.05) is 36.4 Å². The molecule has 5 rings (SSSR count). The molecular formula is C23H19NO5. The summed E-state index contributed by atoms with van der Waals surface area (Å²) >= 11 is 0. The van der Waals surface area contributed by atoms with Crippen LogP contribution in [-0.4, -0.2) is 29.2 Å². The van der Waals surface area contributed by atoms with Crippen LogP contribution in [0.1, 0.15) is 19.3 Å². The van der Waals surface area contributed by atoms with Crippen LogP contribution in [0, 0.1) is 11.8 Å². The highest BCUT2D eigenvalue weighted by Crippen LogP contribution is 2.35. The molecule has 1 aliphatic carbocycles. The third-order valence-electron chi connectivity index (χ3n) is 5.72. The van der Waals surface area contributed by atoms with Crippen molar-refractivity contribution in [1.29, 1.82) is 0 Å². The van der Waals surface area contributed by atoms with Gasteiger partial charge in [0.05, 0.1) is 18.3 Å². The lowest BCUT2D eigenvalue weighted by molar-refractivity contribution is -0.141. The number of para-hydroxylation sites is 1. The van der Waals surface area contributed by atoms with E-state index in [4.69, 9.17) is 9.15 Å². The molecule has 146 valence electrons. The fourth-order valence-corrected chi connectivity index (χ4v) is 4.24. The molecule has 1 saturated heterocycles. The van der Waals surface area contributed by atoms with E-state index in [9.17, 15) is 14.4 Å². The number of imide groups is 1. The van der Waals surface area contributed by atoms with Gasteiger partial charge in [-0.05, 0) is 37.1 Å². The summed E-state index contributed by atoms with van der Waals surface area (Å²) in [5.41, 5.74) is 1.49. The van der Waals surface area contributed by atoms with Gasteiger partial charge < -0.3 is 9.15 Å². The molecule has 1 fully saturated rings. The number of carbonyl (C=O) groups excluding carboxylic acids is 3. The maximum Gasteiger partial charge on any atom is 0.312 e. The molecule has 3 aromatic rings. The molecule has 0 N–H and O–H groups in total. The number of hydrogen-bond acceptors (Lipinski definition) is 5. The first-order chi connectivity index (χ1) is 14.1. The minimum Gasteiger partial charge on any atom is -0.456 e. The normalized spacial score (nSPS) is 21.2. The number of likely N-dealkylation sites (tertiary alicyclic amines) is 1. The predicted octanol–water partition coefficient (Wildman–Crippen LogP) is 3.83. The molecule has 2 heterocycles. The largest absolute Gasteiger partial charge is 0.456 e. The lowest BCUT2D eigenvalue weighted by Crippen LogP contribution is -2.33. The summed E-state index contributed by atoms with van der Waals surface area (Å²) in [4.78, 5) is 38.5. The number of hydrogen-bond donors (Lipinski definition) is 0. The Kier molecular flexibility index (Phi) is 4.19. The van der Waals surface area contributed by atoms with Crippen molar-refractivity contribution < 1.29 is 23.5 Å². The van der Waals surface area contributed by atoms with Crippen LogP contribution in [0.3, 0.4) is 0 Å². The number of allylic oxidation sites excluding steroid dienone is 2. The van der Waals surface area contributed by atoms with Crippen LogP contribution in [0.15, 0.2) is 59.0 Å². The minimum atomic E-state index is -0.481. The molecule has 0 unspecified atom stereocenters. The van der Waals surface area contributed by atoms with Crippen LogP contribution in [0.5, 0.6) is 5.75 Å². The standard InChI is InChI=1S/C23H19NO5/c25-21(11-12-24-22(26)16-6-1-2-7-17(16)23(24)27)28-14-9-10-20-18(13-14)15-5-3-4-8-19(15)29-20/h1-5,8-10,13,16-17H,6-7,11-12H2/t16-,17-/m1/s1. The summed E-state index contributed by atoms with van der Waals surface area (Å²) in [5.74, 6) is -0.982. The number of nitrogens with zero attached hydrogens (tertiary/aromatic N) is 1. The van der Waals surface area contributed by atoms with Crippen molar-refractivity contribution >= 4 is 39.7 Å². The van der Waals surface area contributed by atoms with E-state index < -0.39 is 5.97 Å². The van der Waals surface area contributed by atoms with E-state index in [0.717, 1.165) is 21.9 Å². The van der Waals surface area contributed by atoms with Gasteiger partial charge >= 0.3 is 5.97 Å². The summed E-state index contributed by atoms with van der Waals surface area (Å²) in [6.45, 7) is 0.0559. The van der Waals surface area contributed by atoms with E-state index in [1.54, 1.807) is 18.2 Å². The highest BCUT2D eigenvalue weighted by molar-refractivity contribution is 6.06. The molecule has 0 saturated carbocycles. The molecule has 0 spiro atoms. The molecule has 2 aromatic carbocycles. The van der Waals surface area contributed by atoms with Crippen molar-refractivity contribution in [3.63, 3.8) is 0 Å². The molecular weight excluding hydrogens is 370 g/mol. The van der Waals surface area contributed by atoms with E-state index in [2.05, 4.69) is 0 Å². The maximum absolute atomic E-state index is 12.5. The second-order valence-corrected chi connectivity index (χ2v) is 7.46. The molecule has 1 aliphatic heterocycles. The fraction of sp³-hybridized carbons (Fsp3) is 0.261. The lowest BCUT2D eigenvalue weighted by Gasteiger charge is -2.14. The van der Waals surface area contributed by atoms with Crippen molar-refractivity contribution in [2.45, 2.75) is 19.3 Å². The lowest BCUT2D eigenvalue weighted by atomic mass is 9.85. The Hall–Kier alpha value is -3.41. The van der Waals surface area contributed by atoms with Crippen LogP contribution in [0.2, 0.25) is 0 Å². The summed E-state index contributed by atoms with van der Waals surface area (Å²) in [6, 6.07) is 12.9. The van der Waals surface area contributed by atoms with E-state index in [1.165, 1.54) is 4.90 Å². The Morgan fingerprint density at radius 3 is 2.41 bits per heavy atom. The number of carbonyl (C=O) groups is 3. The molecule has 2 atom stereocenters. The molecule has 0 radical (unpaired) electrons. The Bertz CT molecular complexity index is 1150. The maximum atomic E-state index is 12.5. The molecule has 6 nitrogen and oxygen atoms in total. The highest BCUT2D eigenvalue weighted by atomic mass is 16.5. The Morgan fingerprint density at radius 2 is 1.66 bits per heavy atom. The number of ether oxygens (including phenoxy) is 1. The quantitative estimate of drug-likeness (QED) is 0.293. The molecule has 6 heteroatoms. The van der Waals surface area contributed by atoms with E-state index >= 15 is 0 Å². The molecule has 1 aromatic heterocycles. The summed E-state index contributed by atoms with van der Waals surface area (Å²) in [5, 5.41) is 1.82. The fourth-order valence-electron chi connectivity index (χ4n) is 4.24. The molecule has 0 bridgehead atoms. The van der Waals surface area contributed by atoms with Crippen LogP contribution in [-0.2, 0) is 14.4 Å². The second kappa shape index (κ2) is 6.88. The monoisotopic (exact) mass is 389 g/mol. The molecule has 2 aliphatic rings. The Morgan fingerprint density at radius 1 is 0.966 bits per heavy atom. The number of rotatable bonds is 4. The first-order valence-corrected chi connectivity index (χ1v) is 9.74. The van der Waals surface area contributed by atoms with Crippen molar-refractivity contribution in [3.05, 3.63) is 54.6 Å². The van der Waals surface area contributed by atoms with Gasteiger partial charge in [0.15, 0.2) is 0 Å². The van der Waals surface area contributed by atoms with Gasteiger partial charge in [-0.25, -0.2) is 0 Å². The average Bonchev–Trinajstić information content (AvgIpc) is 3.22. The van der Waals surface area contributed by atoms with Crippen LogP contribution < -0.4 is 4.74 Å². The van der Waals surface area contributed by atoms with Gasteiger partial charge in [-0.3, -0.25) is 19.3 Å². The van der Waals surface area contributed by atoms with Crippen molar-refractivity contribution in [1.82, 2.24) is 4.90 Å². The van der Waals surface area contributed by atoms with Crippen molar-refractivity contribution in [2.24, 2.45) is 11.8 Å². The van der Waals surface area contributed by atoms with E-state index in [0.29, 0.717) is 18.6 Å². The average molecular weight is 389 g/mol. The zero-order valence-electron chi connectivity index (χ0n) is 15.7. The second-order valence-electron chi connectivity index (χ2n) is 7.46. The van der Waals surface area contributed by atoms with Gasteiger partial charge in [0.1, 0.15) is 16.9 Å². The van der Waals surface area contributed by atoms with Crippen LogP contribution >= 0.6 is 0 Å². The number of benzene rings is 2. The zero-order valence-corrected chi connectivity index (χ0v) is 15.7. The summed E-state index contributed by atoms with van der Waals surface area (Å²) < 4.78 is 11.2. The number of fused-ring (bicyclic) bond motifs is 4. The SMILES string of the molecule is O=C(CCN1C(=O)[C@@H]2CC=CC[C@H]2C1=O)Oc1ccc2oc3ccccc3c2c1. The predicted molar refractivity (Wildman–Crippen MR) is 106 cm³/mol. The molecule has 29 heavy (non-hydrogen) atoms. The smallest absolute Gasteiger partial charge is 0.312 e. The van der Waals surface area contributed by atoms with Crippen molar-refractivity contribution in [2.75, 3.05) is 6.54 Å². The third kappa shape index (κ3) is 3.01. The summed E-state index contributed by atoms with van der Waals surface area (Å²) in [7, 11) is 0. The van der Waals surface area contributed by atoms with E-state index in [-0.39, 0.29) is 36.6 Å². The van der Waals surface area contributed by atoms with Crippen molar-refractivity contribution in [3.8, 4) is 5.75 Å². The topological polar surface area (TPSA) is 76.8 Å². The van der Waals surface area contributed by atoms with Gasteiger partial charge in [-0.1, -0.05) is 30.4 Å². The van der Waals surface area contributed by atoms with Crippen LogP contribution in [0.25, 0.3) is 21.9 Å². The van der Waals surface area contributed by atoms with Gasteiger partial charge in [-0.15, -0.1) is 0 Å². The number of amides is 2. The molecule has 2 amide bonds. The Balaban J connectivity index is 1.27. The van der Waals surface area contributed by atoms with Crippen LogP contribution in [0.4, 0.5) is 0 Å². The first kappa shape index (κ1) is 17.7. The Labute approximate surface area is 166 Å². The number of furan rings is 1. The zero-order chi connectivity index (χ0) is 20.0. The highest BCUT2D eigenvalue weighted by Gasteiger charge is 2.46. The first-order valence-electron chi connectivity index (χ1n) is 9.74. The van der Waals surface area contributed by atoms with Gasteiger partial charge in [0, 0.05) is 17.3 Å². The number of esters is 1. The summed E-state index contributed by atoms with van der Waals surface area (Å²) in [6.07, 6.45) is 5.04. The van der Waals surface area contributed by atoms with Gasteiger partial charge in [-0.2, -0.15) is 0 Å². The minimum absolute atomic E-state index is 0.0332. The van der Waals surface area contributed by atoms with Gasteiger partial charge in [0.2, 0.25) is 11.8 Å².